The first-order valence-electron chi connectivity index (χ1n) is 11.4. The SMILES string of the molecule is CCC(CC)=c1ccc2c(c1)Oc1cc(N(CC)CC)ccc1C=2C1=CC=CC=C=C1. The van der Waals surface area contributed by atoms with Crippen molar-refractivity contribution in [1.29, 1.82) is 0 Å². The van der Waals surface area contributed by atoms with E-state index in [2.05, 4.69) is 93.0 Å². The van der Waals surface area contributed by atoms with Gasteiger partial charge in [0.2, 0.25) is 0 Å². The van der Waals surface area contributed by atoms with Gasteiger partial charge in [-0.1, -0.05) is 43.7 Å². The molecule has 2 aliphatic rings. The summed E-state index contributed by atoms with van der Waals surface area (Å²) in [5.41, 5.74) is 9.41. The van der Waals surface area contributed by atoms with Crippen molar-refractivity contribution in [2.45, 2.75) is 40.5 Å². The zero-order chi connectivity index (χ0) is 21.8. The van der Waals surface area contributed by atoms with E-state index in [0.29, 0.717) is 0 Å². The molecule has 0 radical (unpaired) electrons. The molecule has 2 aromatic rings. The molecule has 2 nitrogen and oxygen atoms in total. The number of rotatable bonds is 6. The fraction of sp³-hybridized carbons (Fsp3) is 0.276. The molecule has 1 aliphatic heterocycles. The second-order valence-electron chi connectivity index (χ2n) is 7.84. The third-order valence-electron chi connectivity index (χ3n) is 6.20. The lowest BCUT2D eigenvalue weighted by molar-refractivity contribution is 0.471. The maximum Gasteiger partial charge on any atom is 0.137 e. The fourth-order valence-electron chi connectivity index (χ4n) is 4.47. The van der Waals surface area contributed by atoms with Crippen LogP contribution in [0, 0.1) is 0 Å². The van der Waals surface area contributed by atoms with Crippen LogP contribution in [0.25, 0.3) is 11.1 Å². The molecule has 0 spiro atoms. The number of hydrogen-bond donors (Lipinski definition) is 0. The molecule has 31 heavy (non-hydrogen) atoms. The van der Waals surface area contributed by atoms with Gasteiger partial charge < -0.3 is 9.64 Å². The van der Waals surface area contributed by atoms with Crippen LogP contribution in [-0.4, -0.2) is 13.1 Å². The van der Waals surface area contributed by atoms with E-state index in [0.717, 1.165) is 53.8 Å². The third-order valence-corrected chi connectivity index (χ3v) is 6.20. The van der Waals surface area contributed by atoms with Crippen molar-refractivity contribution in [2.24, 2.45) is 0 Å². The van der Waals surface area contributed by atoms with Crippen molar-refractivity contribution in [3.8, 4) is 11.5 Å². The maximum absolute atomic E-state index is 6.54. The summed E-state index contributed by atoms with van der Waals surface area (Å²) in [6, 6.07) is 13.3. The van der Waals surface area contributed by atoms with E-state index in [1.54, 1.807) is 0 Å². The molecule has 0 saturated carbocycles. The molecule has 0 unspecified atom stereocenters. The van der Waals surface area contributed by atoms with Crippen molar-refractivity contribution in [1.82, 2.24) is 0 Å². The van der Waals surface area contributed by atoms with Crippen LogP contribution in [0.3, 0.4) is 0 Å². The van der Waals surface area contributed by atoms with E-state index in [1.807, 2.05) is 12.2 Å². The van der Waals surface area contributed by atoms with Gasteiger partial charge in [0.15, 0.2) is 0 Å². The number of nitrogens with zero attached hydrogens (tertiary/aromatic N) is 1. The molecule has 0 aromatic heterocycles. The highest BCUT2D eigenvalue weighted by Gasteiger charge is 2.22. The highest BCUT2D eigenvalue weighted by molar-refractivity contribution is 5.88. The van der Waals surface area contributed by atoms with Gasteiger partial charge in [-0.15, -0.1) is 5.73 Å². The van der Waals surface area contributed by atoms with Crippen LogP contribution < -0.4 is 20.1 Å². The molecule has 2 aromatic carbocycles. The summed E-state index contributed by atoms with van der Waals surface area (Å²) in [7, 11) is 0. The van der Waals surface area contributed by atoms with Crippen LogP contribution in [0.2, 0.25) is 0 Å². The molecule has 0 bridgehead atoms. The summed E-state index contributed by atoms with van der Waals surface area (Å²) in [5.74, 6) is 1.85. The first-order valence-corrected chi connectivity index (χ1v) is 11.4. The van der Waals surface area contributed by atoms with E-state index < -0.39 is 0 Å². The van der Waals surface area contributed by atoms with Gasteiger partial charge in [0.05, 0.1) is 0 Å². The van der Waals surface area contributed by atoms with E-state index >= 15 is 0 Å². The first-order chi connectivity index (χ1) is 15.2. The van der Waals surface area contributed by atoms with Crippen molar-refractivity contribution in [2.75, 3.05) is 18.0 Å². The highest BCUT2D eigenvalue weighted by atomic mass is 16.5. The van der Waals surface area contributed by atoms with E-state index in [-0.39, 0.29) is 0 Å². The molecular formula is C29H31NO. The summed E-state index contributed by atoms with van der Waals surface area (Å²) in [6.45, 7) is 10.8. The molecule has 0 amide bonds. The van der Waals surface area contributed by atoms with E-state index in [4.69, 9.17) is 4.74 Å². The Bertz CT molecular complexity index is 1230. The van der Waals surface area contributed by atoms with Crippen molar-refractivity contribution in [3.63, 3.8) is 0 Å². The highest BCUT2D eigenvalue weighted by Crippen LogP contribution is 2.38. The Morgan fingerprint density at radius 3 is 2.45 bits per heavy atom. The van der Waals surface area contributed by atoms with Gasteiger partial charge in [-0.3, -0.25) is 0 Å². The number of anilines is 1. The van der Waals surface area contributed by atoms with E-state index in [9.17, 15) is 0 Å². The minimum Gasteiger partial charge on any atom is -0.456 e. The Hall–Kier alpha value is -3.22. The number of fused-ring (bicyclic) bond motifs is 2. The van der Waals surface area contributed by atoms with Gasteiger partial charge >= 0.3 is 0 Å². The molecule has 0 fully saturated rings. The second-order valence-corrected chi connectivity index (χ2v) is 7.84. The lowest BCUT2D eigenvalue weighted by Gasteiger charge is -2.26. The minimum absolute atomic E-state index is 0.921. The molecule has 1 aliphatic carbocycles. The average molecular weight is 410 g/mol. The number of ether oxygens (including phenoxy) is 1. The van der Waals surface area contributed by atoms with Crippen LogP contribution in [0.5, 0.6) is 11.5 Å². The Morgan fingerprint density at radius 2 is 1.71 bits per heavy atom. The van der Waals surface area contributed by atoms with Gasteiger partial charge in [0.25, 0.3) is 0 Å². The van der Waals surface area contributed by atoms with Crippen LogP contribution in [0.4, 0.5) is 5.69 Å². The zero-order valence-corrected chi connectivity index (χ0v) is 19.0. The largest absolute Gasteiger partial charge is 0.456 e. The summed E-state index contributed by atoms with van der Waals surface area (Å²) in [4.78, 5) is 2.35. The van der Waals surface area contributed by atoms with Gasteiger partial charge in [-0.2, -0.15) is 0 Å². The van der Waals surface area contributed by atoms with Crippen molar-refractivity contribution in [3.05, 3.63) is 94.1 Å². The molecular weight excluding hydrogens is 378 g/mol. The molecule has 4 rings (SSSR count). The Morgan fingerprint density at radius 1 is 0.903 bits per heavy atom. The Kier molecular flexibility index (Phi) is 6.30. The fourth-order valence-corrected chi connectivity index (χ4v) is 4.47. The van der Waals surface area contributed by atoms with Crippen LogP contribution in [-0.2, 0) is 0 Å². The standard InChI is InChI=1S/C29H31NO/c1-5-21(6-2)23-15-17-25-27(19-23)31-28-20-24(30(7-3)8-4)16-18-26(28)29(25)22-13-11-9-10-12-14-22/h9-11,13-20H,5-8H2,1-4H3. The van der Waals surface area contributed by atoms with Crippen molar-refractivity contribution < 1.29 is 4.74 Å². The Labute approximate surface area is 185 Å². The molecule has 158 valence electrons. The third kappa shape index (κ3) is 4.04. The topological polar surface area (TPSA) is 12.5 Å². The van der Waals surface area contributed by atoms with Crippen molar-refractivity contribution >= 4 is 16.8 Å². The van der Waals surface area contributed by atoms with Gasteiger partial charge in [-0.05, 0) is 73.9 Å². The normalized spacial score (nSPS) is 13.8. The second kappa shape index (κ2) is 9.29. The predicted molar refractivity (Wildman–Crippen MR) is 132 cm³/mol. The average Bonchev–Trinajstić information content (AvgIpc) is 3.08. The number of hydrogen-bond acceptors (Lipinski definition) is 2. The minimum atomic E-state index is 0.921. The lowest BCUT2D eigenvalue weighted by atomic mass is 9.91. The number of benzene rings is 2. The van der Waals surface area contributed by atoms with Crippen LogP contribution in [0.15, 0.2) is 78.1 Å². The maximum atomic E-state index is 6.54. The van der Waals surface area contributed by atoms with Crippen LogP contribution in [0.1, 0.15) is 46.1 Å². The monoisotopic (exact) mass is 409 g/mol. The summed E-state index contributed by atoms with van der Waals surface area (Å²) < 4.78 is 6.54. The summed E-state index contributed by atoms with van der Waals surface area (Å²) in [6.07, 6.45) is 12.4. The summed E-state index contributed by atoms with van der Waals surface area (Å²) in [5, 5.41) is 2.41. The predicted octanol–water partition coefficient (Wildman–Crippen LogP) is 6.02. The lowest BCUT2D eigenvalue weighted by Crippen LogP contribution is -2.23. The molecule has 0 N–H and O–H groups in total. The van der Waals surface area contributed by atoms with Gasteiger partial charge in [0, 0.05) is 41.2 Å². The van der Waals surface area contributed by atoms with Gasteiger partial charge in [0.1, 0.15) is 11.5 Å². The first kappa shape index (κ1) is 21.0. The summed E-state index contributed by atoms with van der Waals surface area (Å²) >= 11 is 0. The van der Waals surface area contributed by atoms with Gasteiger partial charge in [-0.25, -0.2) is 0 Å². The zero-order valence-electron chi connectivity index (χ0n) is 19.0. The quantitative estimate of drug-likeness (QED) is 0.541. The smallest absolute Gasteiger partial charge is 0.137 e. The van der Waals surface area contributed by atoms with E-state index in [1.165, 1.54) is 22.1 Å². The Balaban J connectivity index is 2.00. The van der Waals surface area contributed by atoms with Crippen LogP contribution >= 0.6 is 0 Å². The molecule has 2 heteroatoms. The molecule has 0 atom stereocenters. The number of allylic oxidation sites excluding steroid dienone is 5. The molecule has 0 saturated heterocycles. The molecule has 1 heterocycles.